The van der Waals surface area contributed by atoms with Crippen LogP contribution < -0.4 is 5.32 Å². The van der Waals surface area contributed by atoms with Gasteiger partial charge in [-0.15, -0.1) is 23.7 Å². The second-order valence-electron chi connectivity index (χ2n) is 9.97. The summed E-state index contributed by atoms with van der Waals surface area (Å²) in [5.41, 5.74) is 1.83. The molecule has 5 nitrogen and oxygen atoms in total. The molecule has 1 N–H and O–H groups in total. The van der Waals surface area contributed by atoms with Crippen molar-refractivity contribution in [2.45, 2.75) is 71.0 Å². The predicted octanol–water partition coefficient (Wildman–Crippen LogP) is 5.34. The number of carbonyl (C=O) groups excluding carboxylic acids is 2. The van der Waals surface area contributed by atoms with Crippen LogP contribution in [0.2, 0.25) is 0 Å². The highest BCUT2D eigenvalue weighted by atomic mass is 35.5. The summed E-state index contributed by atoms with van der Waals surface area (Å²) in [6.07, 6.45) is 4.08. The van der Waals surface area contributed by atoms with Crippen LogP contribution >= 0.6 is 23.7 Å². The van der Waals surface area contributed by atoms with Crippen molar-refractivity contribution in [3.8, 4) is 11.1 Å². The van der Waals surface area contributed by atoms with Crippen LogP contribution in [0.5, 0.6) is 0 Å². The van der Waals surface area contributed by atoms with E-state index in [0.717, 1.165) is 32.5 Å². The average molecular weight is 504 g/mol. The highest BCUT2D eigenvalue weighted by molar-refractivity contribution is 7.10. The van der Waals surface area contributed by atoms with Gasteiger partial charge in [-0.25, -0.2) is 0 Å². The van der Waals surface area contributed by atoms with Crippen molar-refractivity contribution < 1.29 is 9.59 Å². The maximum absolute atomic E-state index is 13.4. The van der Waals surface area contributed by atoms with E-state index in [1.54, 1.807) is 11.3 Å². The molecule has 0 aliphatic carbocycles. The van der Waals surface area contributed by atoms with Crippen LogP contribution in [0, 0.1) is 5.92 Å². The Morgan fingerprint density at radius 1 is 1.12 bits per heavy atom. The number of halogens is 1. The molecule has 34 heavy (non-hydrogen) atoms. The van der Waals surface area contributed by atoms with Crippen LogP contribution in [0.15, 0.2) is 41.8 Å². The van der Waals surface area contributed by atoms with Crippen LogP contribution in [0.1, 0.15) is 57.8 Å². The lowest BCUT2D eigenvalue weighted by molar-refractivity contribution is -0.161. The lowest BCUT2D eigenvalue weighted by Crippen LogP contribution is -2.73. The van der Waals surface area contributed by atoms with Crippen molar-refractivity contribution in [2.24, 2.45) is 5.92 Å². The van der Waals surface area contributed by atoms with E-state index in [9.17, 15) is 9.59 Å². The third kappa shape index (κ3) is 5.67. The average Bonchev–Trinajstić information content (AvgIpc) is 3.28. The summed E-state index contributed by atoms with van der Waals surface area (Å²) in [5, 5.41) is 5.33. The van der Waals surface area contributed by atoms with Crippen LogP contribution in [0.25, 0.3) is 11.1 Å². The molecule has 2 aliphatic rings. The topological polar surface area (TPSA) is 52.7 Å². The largest absolute Gasteiger partial charge is 0.342 e. The minimum absolute atomic E-state index is 0. The predicted molar refractivity (Wildman–Crippen MR) is 142 cm³/mol. The summed E-state index contributed by atoms with van der Waals surface area (Å²) in [6.45, 7) is 9.59. The molecule has 2 saturated heterocycles. The first-order valence-corrected chi connectivity index (χ1v) is 13.3. The molecule has 3 heterocycles. The molecule has 2 aromatic rings. The molecule has 0 radical (unpaired) electrons. The van der Waals surface area contributed by atoms with Gasteiger partial charge in [0.15, 0.2) is 0 Å². The molecule has 0 bridgehead atoms. The lowest BCUT2D eigenvalue weighted by atomic mass is 9.80. The highest BCUT2D eigenvalue weighted by Gasteiger charge is 2.53. The number of hydrogen-bond donors (Lipinski definition) is 1. The number of rotatable bonds is 8. The van der Waals surface area contributed by atoms with Crippen LogP contribution in [-0.2, 0) is 16.1 Å². The Morgan fingerprint density at radius 2 is 1.82 bits per heavy atom. The SMILES string of the molecule is CCCCN1C(=O)[C@H](CC(C)C)NC(=O)C12CCN(Cc1cc(-c3ccccc3)cs1)CC2.Cl. The van der Waals surface area contributed by atoms with Gasteiger partial charge in [-0.1, -0.05) is 57.5 Å². The lowest BCUT2D eigenvalue weighted by Gasteiger charge is -2.52. The molecule has 2 fully saturated rings. The van der Waals surface area contributed by atoms with E-state index in [0.29, 0.717) is 31.7 Å². The Balaban J connectivity index is 0.00000324. The van der Waals surface area contributed by atoms with Crippen molar-refractivity contribution in [3.05, 3.63) is 46.7 Å². The summed E-state index contributed by atoms with van der Waals surface area (Å²) in [7, 11) is 0. The maximum Gasteiger partial charge on any atom is 0.246 e. The molecule has 2 aliphatic heterocycles. The van der Waals surface area contributed by atoms with Crippen molar-refractivity contribution >= 4 is 35.6 Å². The summed E-state index contributed by atoms with van der Waals surface area (Å²) >= 11 is 1.80. The monoisotopic (exact) mass is 503 g/mol. The Kier molecular flexibility index (Phi) is 9.19. The van der Waals surface area contributed by atoms with E-state index >= 15 is 0 Å². The maximum atomic E-state index is 13.4. The van der Waals surface area contributed by atoms with E-state index in [-0.39, 0.29) is 30.3 Å². The molecule has 1 spiro atoms. The summed E-state index contributed by atoms with van der Waals surface area (Å²) < 4.78 is 0. The number of benzene rings is 1. The van der Waals surface area contributed by atoms with Gasteiger partial charge in [-0.3, -0.25) is 14.5 Å². The smallest absolute Gasteiger partial charge is 0.246 e. The molecule has 2 amide bonds. The molecule has 0 saturated carbocycles. The molecule has 0 unspecified atom stereocenters. The van der Waals surface area contributed by atoms with Gasteiger partial charge in [-0.05, 0) is 54.2 Å². The number of likely N-dealkylation sites (tertiary alicyclic amines) is 1. The van der Waals surface area contributed by atoms with Gasteiger partial charge in [0.05, 0.1) is 0 Å². The normalized spacial score (nSPS) is 20.5. The number of piperazine rings is 1. The third-order valence-electron chi connectivity index (χ3n) is 7.07. The number of unbranched alkanes of at least 4 members (excludes halogenated alkanes) is 1. The van der Waals surface area contributed by atoms with E-state index in [1.807, 2.05) is 11.0 Å². The fourth-order valence-corrected chi connectivity index (χ4v) is 6.13. The number of nitrogens with zero attached hydrogens (tertiary/aromatic N) is 2. The summed E-state index contributed by atoms with van der Waals surface area (Å²) in [4.78, 5) is 32.5. The third-order valence-corrected chi connectivity index (χ3v) is 8.00. The van der Waals surface area contributed by atoms with Gasteiger partial charge in [0, 0.05) is 31.1 Å². The second kappa shape index (κ2) is 11.7. The number of carbonyl (C=O) groups is 2. The van der Waals surface area contributed by atoms with Crippen molar-refractivity contribution in [1.29, 1.82) is 0 Å². The zero-order valence-electron chi connectivity index (χ0n) is 20.6. The molecule has 1 atom stereocenters. The van der Waals surface area contributed by atoms with E-state index in [1.165, 1.54) is 16.0 Å². The molecular weight excluding hydrogens is 466 g/mol. The Hall–Kier alpha value is -1.89. The summed E-state index contributed by atoms with van der Waals surface area (Å²) in [5.74, 6) is 0.552. The van der Waals surface area contributed by atoms with Gasteiger partial charge in [0.2, 0.25) is 11.8 Å². The number of piperidine rings is 1. The van der Waals surface area contributed by atoms with Crippen molar-refractivity contribution in [3.63, 3.8) is 0 Å². The van der Waals surface area contributed by atoms with Crippen LogP contribution in [0.3, 0.4) is 0 Å². The Labute approximate surface area is 214 Å². The summed E-state index contributed by atoms with van der Waals surface area (Å²) in [6, 6.07) is 12.4. The number of amides is 2. The molecular formula is C27H38ClN3O2S. The first-order valence-electron chi connectivity index (χ1n) is 12.4. The molecule has 1 aromatic carbocycles. The Bertz CT molecular complexity index is 954. The van der Waals surface area contributed by atoms with E-state index in [2.05, 4.69) is 66.7 Å². The van der Waals surface area contributed by atoms with Gasteiger partial charge < -0.3 is 10.2 Å². The van der Waals surface area contributed by atoms with Crippen molar-refractivity contribution in [2.75, 3.05) is 19.6 Å². The molecule has 1 aromatic heterocycles. The van der Waals surface area contributed by atoms with Crippen LogP contribution in [0.4, 0.5) is 0 Å². The van der Waals surface area contributed by atoms with Gasteiger partial charge in [-0.2, -0.15) is 0 Å². The fourth-order valence-electron chi connectivity index (χ4n) is 5.19. The minimum Gasteiger partial charge on any atom is -0.342 e. The van der Waals surface area contributed by atoms with Gasteiger partial charge in [0.25, 0.3) is 0 Å². The first-order chi connectivity index (χ1) is 15.9. The van der Waals surface area contributed by atoms with Crippen LogP contribution in [-0.4, -0.2) is 52.8 Å². The first kappa shape index (κ1) is 26.7. The number of hydrogen-bond acceptors (Lipinski definition) is 4. The zero-order valence-corrected chi connectivity index (χ0v) is 22.2. The zero-order chi connectivity index (χ0) is 23.4. The molecule has 4 rings (SSSR count). The highest BCUT2D eigenvalue weighted by Crippen LogP contribution is 2.35. The number of thiophene rings is 1. The molecule has 186 valence electrons. The fraction of sp³-hybridized carbons (Fsp3) is 0.556. The number of nitrogens with one attached hydrogen (secondary N) is 1. The second-order valence-corrected chi connectivity index (χ2v) is 11.0. The minimum atomic E-state index is -0.680. The Morgan fingerprint density at radius 3 is 2.47 bits per heavy atom. The standard InChI is InChI=1S/C27H37N3O2S.ClH/c1-4-5-13-30-25(31)24(16-20(2)3)28-26(32)27(30)11-14-29(15-12-27)18-23-17-22(19-33-23)21-9-7-6-8-10-21;/h6-10,17,19-20,24H,4-5,11-16,18H2,1-3H3,(H,28,32);1H/t24-;/m0./s1. The van der Waals surface area contributed by atoms with Gasteiger partial charge in [0.1, 0.15) is 11.6 Å². The van der Waals surface area contributed by atoms with E-state index in [4.69, 9.17) is 0 Å². The molecule has 7 heteroatoms. The van der Waals surface area contributed by atoms with Gasteiger partial charge >= 0.3 is 0 Å². The quantitative estimate of drug-likeness (QED) is 0.528. The van der Waals surface area contributed by atoms with Crippen molar-refractivity contribution in [1.82, 2.24) is 15.1 Å². The van der Waals surface area contributed by atoms with E-state index < -0.39 is 5.54 Å².